The van der Waals surface area contributed by atoms with E-state index in [0.29, 0.717) is 25.0 Å². The maximum atomic E-state index is 11.8. The molecule has 8 heteroatoms. The molecule has 0 aromatic carbocycles. The van der Waals surface area contributed by atoms with Gasteiger partial charge < -0.3 is 14.5 Å². The Morgan fingerprint density at radius 3 is 3.18 bits per heavy atom. The molecule has 3 heterocycles. The summed E-state index contributed by atoms with van der Waals surface area (Å²) in [5, 5.41) is 8.85. The van der Waals surface area contributed by atoms with E-state index in [2.05, 4.69) is 10.4 Å². The van der Waals surface area contributed by atoms with Gasteiger partial charge in [-0.1, -0.05) is 6.07 Å². The Bertz CT molecular complexity index is 671. The summed E-state index contributed by atoms with van der Waals surface area (Å²) in [6.45, 7) is 2.29. The molecule has 2 aromatic heterocycles. The van der Waals surface area contributed by atoms with Gasteiger partial charge in [0.25, 0.3) is 5.89 Å². The van der Waals surface area contributed by atoms with Gasteiger partial charge in [0.05, 0.1) is 18.0 Å². The van der Waals surface area contributed by atoms with Gasteiger partial charge in [0.2, 0.25) is 5.91 Å². The van der Waals surface area contributed by atoms with E-state index in [1.807, 2.05) is 17.5 Å². The van der Waals surface area contributed by atoms with Gasteiger partial charge >= 0.3 is 5.76 Å². The van der Waals surface area contributed by atoms with Crippen molar-refractivity contribution >= 4 is 17.2 Å². The number of amides is 1. The first-order valence-electron chi connectivity index (χ1n) is 7.18. The lowest BCUT2D eigenvalue weighted by molar-refractivity contribution is -0.121. The first-order valence-corrected chi connectivity index (χ1v) is 8.06. The highest BCUT2D eigenvalue weighted by molar-refractivity contribution is 7.13. The van der Waals surface area contributed by atoms with Gasteiger partial charge in [-0.15, -0.1) is 16.4 Å². The number of carbonyl (C=O) groups excluding carboxylic acids is 1. The van der Waals surface area contributed by atoms with Gasteiger partial charge in [-0.3, -0.25) is 4.79 Å². The van der Waals surface area contributed by atoms with E-state index in [1.54, 1.807) is 0 Å². The lowest BCUT2D eigenvalue weighted by Gasteiger charge is -2.08. The van der Waals surface area contributed by atoms with Crippen molar-refractivity contribution < 1.29 is 13.9 Å². The molecule has 1 aliphatic heterocycles. The van der Waals surface area contributed by atoms with E-state index in [9.17, 15) is 9.59 Å². The van der Waals surface area contributed by atoms with Crippen LogP contribution < -0.4 is 11.1 Å². The SMILES string of the molecule is O=C(CCn1nc(-c2cccs2)oc1=O)NCC1CCOC1. The monoisotopic (exact) mass is 323 g/mol. The maximum absolute atomic E-state index is 11.8. The summed E-state index contributed by atoms with van der Waals surface area (Å²) in [6, 6.07) is 3.69. The van der Waals surface area contributed by atoms with E-state index in [4.69, 9.17) is 9.15 Å². The Labute approximate surface area is 130 Å². The average molecular weight is 323 g/mol. The molecule has 0 aliphatic carbocycles. The summed E-state index contributed by atoms with van der Waals surface area (Å²) in [6.07, 6.45) is 1.18. The Morgan fingerprint density at radius 2 is 2.45 bits per heavy atom. The minimum absolute atomic E-state index is 0.0977. The van der Waals surface area contributed by atoms with Crippen LogP contribution in [0.25, 0.3) is 10.8 Å². The van der Waals surface area contributed by atoms with Crippen molar-refractivity contribution in [2.75, 3.05) is 19.8 Å². The number of ether oxygens (including phenoxy) is 1. The summed E-state index contributed by atoms with van der Waals surface area (Å²) in [7, 11) is 0. The first-order chi connectivity index (χ1) is 10.7. The number of hydrogen-bond donors (Lipinski definition) is 1. The zero-order chi connectivity index (χ0) is 15.4. The normalized spacial score (nSPS) is 17.7. The number of thiophene rings is 1. The van der Waals surface area contributed by atoms with Crippen LogP contribution in [-0.4, -0.2) is 35.4 Å². The van der Waals surface area contributed by atoms with Crippen LogP contribution in [0.3, 0.4) is 0 Å². The smallest absolute Gasteiger partial charge is 0.387 e. The topological polar surface area (TPSA) is 86.4 Å². The van der Waals surface area contributed by atoms with Crippen LogP contribution in [0.2, 0.25) is 0 Å². The molecule has 0 radical (unpaired) electrons. The molecular formula is C14H17N3O4S. The van der Waals surface area contributed by atoms with E-state index in [1.165, 1.54) is 16.0 Å². The van der Waals surface area contributed by atoms with Gasteiger partial charge in [-0.2, -0.15) is 4.68 Å². The van der Waals surface area contributed by atoms with Crippen LogP contribution in [0.1, 0.15) is 12.8 Å². The lowest BCUT2D eigenvalue weighted by Crippen LogP contribution is -2.31. The van der Waals surface area contributed by atoms with E-state index in [-0.39, 0.29) is 18.9 Å². The molecule has 1 saturated heterocycles. The predicted molar refractivity (Wildman–Crippen MR) is 80.6 cm³/mol. The van der Waals surface area contributed by atoms with Crippen LogP contribution in [0.4, 0.5) is 0 Å². The predicted octanol–water partition coefficient (Wildman–Crippen LogP) is 1.11. The van der Waals surface area contributed by atoms with E-state index >= 15 is 0 Å². The molecule has 2 aromatic rings. The fourth-order valence-corrected chi connectivity index (χ4v) is 2.89. The molecule has 1 amide bonds. The molecule has 0 saturated carbocycles. The molecule has 1 unspecified atom stereocenters. The summed E-state index contributed by atoms with van der Waals surface area (Å²) in [4.78, 5) is 24.3. The molecular weight excluding hydrogens is 306 g/mol. The van der Waals surface area contributed by atoms with Crippen molar-refractivity contribution in [3.63, 3.8) is 0 Å². The quantitative estimate of drug-likeness (QED) is 0.860. The maximum Gasteiger partial charge on any atom is 0.437 e. The molecule has 0 spiro atoms. The average Bonchev–Trinajstić information content (AvgIpc) is 3.24. The van der Waals surface area contributed by atoms with Crippen molar-refractivity contribution in [3.05, 3.63) is 28.1 Å². The highest BCUT2D eigenvalue weighted by atomic mass is 32.1. The van der Waals surface area contributed by atoms with Crippen molar-refractivity contribution in [1.29, 1.82) is 0 Å². The van der Waals surface area contributed by atoms with Crippen molar-refractivity contribution in [2.24, 2.45) is 5.92 Å². The zero-order valence-corrected chi connectivity index (χ0v) is 12.8. The van der Waals surface area contributed by atoms with Crippen molar-refractivity contribution in [3.8, 4) is 10.8 Å². The van der Waals surface area contributed by atoms with Gasteiger partial charge in [0.15, 0.2) is 0 Å². The molecule has 7 nitrogen and oxygen atoms in total. The highest BCUT2D eigenvalue weighted by Crippen LogP contribution is 2.21. The van der Waals surface area contributed by atoms with Crippen LogP contribution in [0.5, 0.6) is 0 Å². The first kappa shape index (κ1) is 15.0. The Kier molecular flexibility index (Phi) is 4.69. The van der Waals surface area contributed by atoms with Crippen molar-refractivity contribution in [1.82, 2.24) is 15.1 Å². The van der Waals surface area contributed by atoms with Gasteiger partial charge in [-0.05, 0) is 17.9 Å². The molecule has 22 heavy (non-hydrogen) atoms. The highest BCUT2D eigenvalue weighted by Gasteiger charge is 2.17. The van der Waals surface area contributed by atoms with Gasteiger partial charge in [-0.25, -0.2) is 4.79 Å². The Balaban J connectivity index is 1.50. The second-order valence-corrected chi connectivity index (χ2v) is 6.10. The van der Waals surface area contributed by atoms with E-state index in [0.717, 1.165) is 17.9 Å². The van der Waals surface area contributed by atoms with E-state index < -0.39 is 5.76 Å². The van der Waals surface area contributed by atoms with Gasteiger partial charge in [0, 0.05) is 25.5 Å². The van der Waals surface area contributed by atoms with Crippen LogP contribution in [-0.2, 0) is 16.1 Å². The summed E-state index contributed by atoms with van der Waals surface area (Å²) < 4.78 is 11.5. The summed E-state index contributed by atoms with van der Waals surface area (Å²) in [5.41, 5.74) is 0. The minimum atomic E-state index is -0.541. The number of rotatable bonds is 6. The van der Waals surface area contributed by atoms with Crippen LogP contribution >= 0.6 is 11.3 Å². The number of hydrogen-bond acceptors (Lipinski definition) is 6. The minimum Gasteiger partial charge on any atom is -0.387 e. The standard InChI is InChI=1S/C14H17N3O4S/c18-12(15-8-10-4-6-20-9-10)3-5-17-14(19)21-13(16-17)11-2-1-7-22-11/h1-2,7,10H,3-6,8-9H2,(H,15,18). The third-order valence-corrected chi connectivity index (χ3v) is 4.36. The van der Waals surface area contributed by atoms with Crippen LogP contribution in [0, 0.1) is 5.92 Å². The van der Waals surface area contributed by atoms with Crippen molar-refractivity contribution in [2.45, 2.75) is 19.4 Å². The summed E-state index contributed by atoms with van der Waals surface area (Å²) >= 11 is 1.45. The Morgan fingerprint density at radius 1 is 1.55 bits per heavy atom. The molecule has 1 atom stereocenters. The number of nitrogens with one attached hydrogen (secondary N) is 1. The molecule has 1 fully saturated rings. The second kappa shape index (κ2) is 6.89. The third kappa shape index (κ3) is 3.63. The number of carbonyl (C=O) groups is 1. The molecule has 1 aliphatic rings. The largest absolute Gasteiger partial charge is 0.437 e. The Hall–Kier alpha value is -1.93. The summed E-state index contributed by atoms with van der Waals surface area (Å²) in [5.74, 6) is 0.0486. The fraction of sp³-hybridized carbons (Fsp3) is 0.500. The third-order valence-electron chi connectivity index (χ3n) is 3.50. The lowest BCUT2D eigenvalue weighted by atomic mass is 10.1. The molecule has 0 bridgehead atoms. The molecule has 118 valence electrons. The molecule has 3 rings (SSSR count). The molecule has 1 N–H and O–H groups in total. The second-order valence-electron chi connectivity index (χ2n) is 5.16. The van der Waals surface area contributed by atoms with Crippen LogP contribution in [0.15, 0.2) is 26.7 Å². The fourth-order valence-electron chi connectivity index (χ4n) is 2.25. The number of aromatic nitrogens is 2. The number of nitrogens with zero attached hydrogens (tertiary/aromatic N) is 2. The number of aryl methyl sites for hydroxylation is 1. The zero-order valence-electron chi connectivity index (χ0n) is 12.0. The van der Waals surface area contributed by atoms with Gasteiger partial charge in [0.1, 0.15) is 0 Å².